The molecule has 1 rings (SSSR count). The van der Waals surface area contributed by atoms with E-state index in [0.29, 0.717) is 5.56 Å². The number of nitrogens with one attached hydrogen (secondary N) is 1. The first kappa shape index (κ1) is 14.6. The monoisotopic (exact) mass is 265 g/mol. The zero-order chi connectivity index (χ0) is 14.3. The number of benzene rings is 1. The third-order valence-corrected chi connectivity index (χ3v) is 2.27. The first-order valence-electron chi connectivity index (χ1n) is 5.58. The lowest BCUT2D eigenvalue weighted by atomic mass is 10.1. The van der Waals surface area contributed by atoms with Crippen molar-refractivity contribution < 1.29 is 24.5 Å². The summed E-state index contributed by atoms with van der Waals surface area (Å²) in [4.78, 5) is 22.3. The zero-order valence-corrected chi connectivity index (χ0v) is 10.2. The highest BCUT2D eigenvalue weighted by atomic mass is 16.5. The average Bonchev–Trinajstić information content (AvgIpc) is 2.35. The molecule has 0 aliphatic carbocycles. The van der Waals surface area contributed by atoms with Gasteiger partial charge in [-0.3, -0.25) is 0 Å². The zero-order valence-electron chi connectivity index (χ0n) is 10.2. The van der Waals surface area contributed by atoms with Crippen LogP contribution >= 0.6 is 0 Å². The quantitative estimate of drug-likeness (QED) is 0.674. The molecule has 0 spiro atoms. The van der Waals surface area contributed by atoms with Gasteiger partial charge in [-0.2, -0.15) is 0 Å². The van der Waals surface area contributed by atoms with E-state index in [2.05, 4.69) is 16.6 Å². The predicted octanol–water partition coefficient (Wildman–Crippen LogP) is 1.30. The number of carbonyl (C=O) groups excluding carboxylic acids is 1. The van der Waals surface area contributed by atoms with Gasteiger partial charge in [0.1, 0.15) is 18.4 Å². The van der Waals surface area contributed by atoms with Crippen molar-refractivity contribution in [3.8, 4) is 5.75 Å². The van der Waals surface area contributed by atoms with E-state index in [1.165, 1.54) is 18.2 Å². The Labute approximate surface area is 110 Å². The smallest absolute Gasteiger partial charge is 0.408 e. The standard InChI is InChI=1S/C13H15NO5/c1-2-6-19-13(18)14-11(12(16)17)8-9-4-3-5-10(15)7-9/h2-5,7,11,15H,1,6,8H2,(H,14,18)(H,16,17). The van der Waals surface area contributed by atoms with Crippen LogP contribution in [0.4, 0.5) is 4.79 Å². The lowest BCUT2D eigenvalue weighted by Crippen LogP contribution is -2.42. The molecule has 0 aliphatic heterocycles. The molecule has 0 saturated carbocycles. The number of ether oxygens (including phenoxy) is 1. The molecule has 1 unspecified atom stereocenters. The first-order chi connectivity index (χ1) is 9.02. The summed E-state index contributed by atoms with van der Waals surface area (Å²) in [7, 11) is 0. The Morgan fingerprint density at radius 3 is 2.79 bits per heavy atom. The van der Waals surface area contributed by atoms with Crippen LogP contribution in [0.25, 0.3) is 0 Å². The fourth-order valence-electron chi connectivity index (χ4n) is 1.44. The van der Waals surface area contributed by atoms with Crippen molar-refractivity contribution in [2.24, 2.45) is 0 Å². The molecule has 0 heterocycles. The number of amides is 1. The van der Waals surface area contributed by atoms with E-state index >= 15 is 0 Å². The van der Waals surface area contributed by atoms with Gasteiger partial charge < -0.3 is 20.3 Å². The van der Waals surface area contributed by atoms with Gasteiger partial charge in [0, 0.05) is 6.42 Å². The van der Waals surface area contributed by atoms with Crippen molar-refractivity contribution in [2.45, 2.75) is 12.5 Å². The van der Waals surface area contributed by atoms with E-state index in [0.717, 1.165) is 0 Å². The predicted molar refractivity (Wildman–Crippen MR) is 67.9 cm³/mol. The number of hydrogen-bond acceptors (Lipinski definition) is 4. The molecular weight excluding hydrogens is 250 g/mol. The summed E-state index contributed by atoms with van der Waals surface area (Å²) in [6, 6.07) is 5.04. The van der Waals surface area contributed by atoms with Crippen molar-refractivity contribution in [1.29, 1.82) is 0 Å². The maximum absolute atomic E-state index is 11.3. The van der Waals surface area contributed by atoms with E-state index in [9.17, 15) is 14.7 Å². The summed E-state index contributed by atoms with van der Waals surface area (Å²) in [6.07, 6.45) is 0.602. The summed E-state index contributed by atoms with van der Waals surface area (Å²) < 4.78 is 4.65. The molecule has 0 fully saturated rings. The highest BCUT2D eigenvalue weighted by molar-refractivity contribution is 5.80. The molecule has 1 amide bonds. The second kappa shape index (κ2) is 7.05. The molecule has 6 nitrogen and oxygen atoms in total. The number of phenolic OH excluding ortho intramolecular Hbond substituents is 1. The molecule has 19 heavy (non-hydrogen) atoms. The van der Waals surface area contributed by atoms with Crippen LogP contribution in [0, 0.1) is 0 Å². The Kier molecular flexibility index (Phi) is 5.40. The Balaban J connectivity index is 2.65. The van der Waals surface area contributed by atoms with Gasteiger partial charge in [-0.25, -0.2) is 9.59 Å². The fourth-order valence-corrected chi connectivity index (χ4v) is 1.44. The Hall–Kier alpha value is -2.50. The SMILES string of the molecule is C=CCOC(=O)NC(Cc1cccc(O)c1)C(=O)O. The van der Waals surface area contributed by atoms with E-state index in [1.54, 1.807) is 12.1 Å². The molecule has 1 aromatic rings. The van der Waals surface area contributed by atoms with Crippen LogP contribution in [-0.2, 0) is 16.0 Å². The maximum Gasteiger partial charge on any atom is 0.408 e. The average molecular weight is 265 g/mol. The molecule has 102 valence electrons. The Morgan fingerprint density at radius 1 is 1.47 bits per heavy atom. The molecule has 6 heteroatoms. The summed E-state index contributed by atoms with van der Waals surface area (Å²) in [5, 5.41) is 20.5. The van der Waals surface area contributed by atoms with Crippen LogP contribution in [0.2, 0.25) is 0 Å². The Bertz CT molecular complexity index is 472. The van der Waals surface area contributed by atoms with Crippen molar-refractivity contribution in [1.82, 2.24) is 5.32 Å². The van der Waals surface area contributed by atoms with Crippen LogP contribution in [0.1, 0.15) is 5.56 Å². The molecular formula is C13H15NO5. The maximum atomic E-state index is 11.3. The second-order valence-electron chi connectivity index (χ2n) is 3.80. The minimum absolute atomic E-state index is 0.00426. The minimum atomic E-state index is -1.18. The van der Waals surface area contributed by atoms with Gasteiger partial charge in [-0.1, -0.05) is 24.8 Å². The first-order valence-corrected chi connectivity index (χ1v) is 5.58. The van der Waals surface area contributed by atoms with Gasteiger partial charge in [0.25, 0.3) is 0 Å². The summed E-state index contributed by atoms with van der Waals surface area (Å²) >= 11 is 0. The van der Waals surface area contributed by atoms with E-state index in [-0.39, 0.29) is 18.8 Å². The molecule has 1 atom stereocenters. The highest BCUT2D eigenvalue weighted by Crippen LogP contribution is 2.12. The number of aliphatic carboxylic acids is 1. The van der Waals surface area contributed by atoms with Gasteiger partial charge in [0.15, 0.2) is 0 Å². The van der Waals surface area contributed by atoms with Crippen LogP contribution in [0.3, 0.4) is 0 Å². The van der Waals surface area contributed by atoms with Crippen LogP contribution in [0.15, 0.2) is 36.9 Å². The third kappa shape index (κ3) is 5.12. The van der Waals surface area contributed by atoms with Crippen molar-refractivity contribution in [3.05, 3.63) is 42.5 Å². The van der Waals surface area contributed by atoms with Gasteiger partial charge in [0.2, 0.25) is 0 Å². The topological polar surface area (TPSA) is 95.9 Å². The van der Waals surface area contributed by atoms with Crippen molar-refractivity contribution in [3.63, 3.8) is 0 Å². The van der Waals surface area contributed by atoms with E-state index in [4.69, 9.17) is 5.11 Å². The van der Waals surface area contributed by atoms with Gasteiger partial charge in [-0.15, -0.1) is 0 Å². The molecule has 3 N–H and O–H groups in total. The highest BCUT2D eigenvalue weighted by Gasteiger charge is 2.21. The van der Waals surface area contributed by atoms with Crippen LogP contribution in [0.5, 0.6) is 5.75 Å². The number of phenols is 1. The van der Waals surface area contributed by atoms with Crippen molar-refractivity contribution in [2.75, 3.05) is 6.61 Å². The number of rotatable bonds is 6. The molecule has 0 aliphatic rings. The van der Waals surface area contributed by atoms with E-state index in [1.807, 2.05) is 0 Å². The van der Waals surface area contributed by atoms with Gasteiger partial charge >= 0.3 is 12.1 Å². The van der Waals surface area contributed by atoms with E-state index < -0.39 is 18.1 Å². The number of carboxylic acids is 1. The minimum Gasteiger partial charge on any atom is -0.508 e. The van der Waals surface area contributed by atoms with Crippen molar-refractivity contribution >= 4 is 12.1 Å². The lowest BCUT2D eigenvalue weighted by Gasteiger charge is -2.14. The molecule has 0 aromatic heterocycles. The second-order valence-corrected chi connectivity index (χ2v) is 3.80. The Morgan fingerprint density at radius 2 is 2.21 bits per heavy atom. The summed E-state index contributed by atoms with van der Waals surface area (Å²) in [6.45, 7) is 3.38. The number of alkyl carbamates (subject to hydrolysis) is 1. The van der Waals surface area contributed by atoms with Crippen LogP contribution in [-0.4, -0.2) is 34.9 Å². The molecule has 0 bridgehead atoms. The normalized spacial score (nSPS) is 11.4. The number of carbonyl (C=O) groups is 2. The molecule has 0 radical (unpaired) electrons. The number of carboxylic acid groups (broad SMARTS) is 1. The largest absolute Gasteiger partial charge is 0.508 e. The number of aromatic hydroxyl groups is 1. The summed E-state index contributed by atoms with van der Waals surface area (Å²) in [5.41, 5.74) is 0.594. The third-order valence-electron chi connectivity index (χ3n) is 2.27. The van der Waals surface area contributed by atoms with Gasteiger partial charge in [-0.05, 0) is 17.7 Å². The lowest BCUT2D eigenvalue weighted by molar-refractivity contribution is -0.139. The van der Waals surface area contributed by atoms with Gasteiger partial charge in [0.05, 0.1) is 0 Å². The number of hydrogen-bond donors (Lipinski definition) is 3. The summed E-state index contributed by atoms with van der Waals surface area (Å²) in [5.74, 6) is -1.14. The van der Waals surface area contributed by atoms with Crippen LogP contribution < -0.4 is 5.32 Å². The molecule has 0 saturated heterocycles. The molecule has 1 aromatic carbocycles. The fraction of sp³-hybridized carbons (Fsp3) is 0.231.